The number of halogens is 1. The molecule has 0 bridgehead atoms. The molecule has 2 aromatic carbocycles. The van der Waals surface area contributed by atoms with Crippen LogP contribution < -0.4 is 5.32 Å². The molecular formula is C23H22FN3O2. The number of carbonyl (C=O) groups excluding carboxylic acids is 1. The van der Waals surface area contributed by atoms with Crippen LogP contribution in [0.5, 0.6) is 0 Å². The molecule has 3 atom stereocenters. The van der Waals surface area contributed by atoms with Gasteiger partial charge in [0.1, 0.15) is 17.2 Å². The van der Waals surface area contributed by atoms with Gasteiger partial charge in [0.15, 0.2) is 0 Å². The zero-order chi connectivity index (χ0) is 20.1. The highest BCUT2D eigenvalue weighted by Gasteiger charge is 2.39. The van der Waals surface area contributed by atoms with Crippen LogP contribution in [0.25, 0.3) is 21.9 Å². The lowest BCUT2D eigenvalue weighted by Crippen LogP contribution is -2.26. The van der Waals surface area contributed by atoms with E-state index in [1.807, 2.05) is 24.9 Å². The van der Waals surface area contributed by atoms with E-state index < -0.39 is 0 Å². The molecule has 1 fully saturated rings. The summed E-state index contributed by atoms with van der Waals surface area (Å²) in [7, 11) is 1.94. The average molecular weight is 391 g/mol. The molecule has 5 rings (SSSR count). The van der Waals surface area contributed by atoms with Gasteiger partial charge in [-0.15, -0.1) is 0 Å². The van der Waals surface area contributed by atoms with Crippen molar-refractivity contribution in [1.82, 2.24) is 15.1 Å². The summed E-state index contributed by atoms with van der Waals surface area (Å²) < 4.78 is 21.0. The van der Waals surface area contributed by atoms with Crippen LogP contribution in [0, 0.1) is 11.7 Å². The minimum atomic E-state index is -0.300. The third kappa shape index (κ3) is 3.39. The highest BCUT2D eigenvalue weighted by atomic mass is 19.1. The third-order valence-corrected chi connectivity index (χ3v) is 5.87. The Balaban J connectivity index is 1.22. The first-order valence-electron chi connectivity index (χ1n) is 9.88. The Morgan fingerprint density at radius 2 is 2.14 bits per heavy atom. The second-order valence-corrected chi connectivity index (χ2v) is 8.01. The molecule has 0 unspecified atom stereocenters. The number of nitrogens with one attached hydrogen (secondary N) is 1. The van der Waals surface area contributed by atoms with Gasteiger partial charge in [0, 0.05) is 24.2 Å². The number of hydrogen-bond acceptors (Lipinski definition) is 3. The highest BCUT2D eigenvalue weighted by Crippen LogP contribution is 2.50. The van der Waals surface area contributed by atoms with Gasteiger partial charge < -0.3 is 9.73 Å². The Bertz CT molecular complexity index is 1230. The number of furan rings is 1. The number of aryl methyl sites for hydroxylation is 1. The van der Waals surface area contributed by atoms with Crippen LogP contribution >= 0.6 is 0 Å². The molecule has 0 aliphatic heterocycles. The molecule has 1 N–H and O–H groups in total. The molecule has 2 aromatic heterocycles. The van der Waals surface area contributed by atoms with Crippen LogP contribution in [0.15, 0.2) is 53.1 Å². The summed E-state index contributed by atoms with van der Waals surface area (Å²) >= 11 is 0. The molecule has 1 saturated carbocycles. The van der Waals surface area contributed by atoms with Gasteiger partial charge in [-0.1, -0.05) is 12.1 Å². The van der Waals surface area contributed by atoms with E-state index in [0.717, 1.165) is 17.3 Å². The standard InChI is InChI=1S/C23H22FN3O2/c1-13(22-10-17-7-18(24)5-6-21(17)29-22)26-23(28)11-16-8-19(16)14-3-4-15-12-25-27(2)20(15)9-14/h3-7,9-10,12-13,16,19H,8,11H2,1-2H3,(H,26,28)/t13-,16-,19+/m1/s1. The SMILES string of the molecule is C[C@@H](NC(=O)C[C@H]1C[C@H]1c1ccc2cnn(C)c2c1)c1cc2cc(F)ccc2o1. The molecule has 1 aliphatic carbocycles. The van der Waals surface area contributed by atoms with Gasteiger partial charge in [-0.05, 0) is 61.1 Å². The molecule has 6 heteroatoms. The van der Waals surface area contributed by atoms with E-state index in [9.17, 15) is 9.18 Å². The lowest BCUT2D eigenvalue weighted by atomic mass is 10.1. The van der Waals surface area contributed by atoms with E-state index in [2.05, 4.69) is 28.6 Å². The van der Waals surface area contributed by atoms with E-state index in [4.69, 9.17) is 4.42 Å². The van der Waals surface area contributed by atoms with Crippen LogP contribution in [0.3, 0.4) is 0 Å². The lowest BCUT2D eigenvalue weighted by Gasteiger charge is -2.11. The summed E-state index contributed by atoms with van der Waals surface area (Å²) in [4.78, 5) is 12.5. The summed E-state index contributed by atoms with van der Waals surface area (Å²) in [6, 6.07) is 12.4. The number of carbonyl (C=O) groups is 1. The maximum atomic E-state index is 13.4. The quantitative estimate of drug-likeness (QED) is 0.530. The molecule has 4 aromatic rings. The first-order chi connectivity index (χ1) is 14.0. The zero-order valence-corrected chi connectivity index (χ0v) is 16.4. The van der Waals surface area contributed by atoms with Gasteiger partial charge >= 0.3 is 0 Å². The Morgan fingerprint density at radius 3 is 3.00 bits per heavy atom. The summed E-state index contributed by atoms with van der Waals surface area (Å²) in [5, 5.41) is 9.13. The Hall–Kier alpha value is -3.15. The molecule has 0 saturated heterocycles. The normalized spacial score (nSPS) is 19.6. The van der Waals surface area contributed by atoms with Crippen LogP contribution in [0.4, 0.5) is 4.39 Å². The first kappa shape index (κ1) is 17.9. The highest BCUT2D eigenvalue weighted by molar-refractivity contribution is 5.81. The number of benzene rings is 2. The van der Waals surface area contributed by atoms with Crippen LogP contribution in [0.1, 0.15) is 43.0 Å². The minimum Gasteiger partial charge on any atom is -0.459 e. The number of aromatic nitrogens is 2. The topological polar surface area (TPSA) is 60.1 Å². The number of fused-ring (bicyclic) bond motifs is 2. The maximum absolute atomic E-state index is 13.4. The Labute approximate surface area is 167 Å². The Morgan fingerprint density at radius 1 is 1.28 bits per heavy atom. The monoisotopic (exact) mass is 391 g/mol. The van der Waals surface area contributed by atoms with Crippen molar-refractivity contribution in [2.75, 3.05) is 0 Å². The number of hydrogen-bond donors (Lipinski definition) is 1. The van der Waals surface area contributed by atoms with Crippen LogP contribution in [-0.4, -0.2) is 15.7 Å². The van der Waals surface area contributed by atoms with Crippen molar-refractivity contribution in [3.63, 3.8) is 0 Å². The second kappa shape index (κ2) is 6.72. The fourth-order valence-corrected chi connectivity index (χ4v) is 4.13. The average Bonchev–Trinajstić information content (AvgIpc) is 3.16. The van der Waals surface area contributed by atoms with Gasteiger partial charge in [0.25, 0.3) is 0 Å². The fraction of sp³-hybridized carbons (Fsp3) is 0.304. The van der Waals surface area contributed by atoms with Gasteiger partial charge in [0.05, 0.1) is 17.8 Å². The minimum absolute atomic E-state index is 0.0123. The van der Waals surface area contributed by atoms with Crippen molar-refractivity contribution >= 4 is 27.8 Å². The number of rotatable bonds is 5. The van der Waals surface area contributed by atoms with E-state index in [-0.39, 0.29) is 17.8 Å². The molecule has 1 amide bonds. The molecule has 5 nitrogen and oxygen atoms in total. The summed E-state index contributed by atoms with van der Waals surface area (Å²) in [5.41, 5.74) is 3.01. The van der Waals surface area contributed by atoms with Gasteiger partial charge in [-0.25, -0.2) is 4.39 Å². The van der Waals surface area contributed by atoms with Crippen LogP contribution in [0.2, 0.25) is 0 Å². The largest absolute Gasteiger partial charge is 0.459 e. The predicted octanol–water partition coefficient (Wildman–Crippen LogP) is 4.83. The maximum Gasteiger partial charge on any atom is 0.220 e. The third-order valence-electron chi connectivity index (χ3n) is 5.87. The van der Waals surface area contributed by atoms with Crippen LogP contribution in [-0.2, 0) is 11.8 Å². The summed E-state index contributed by atoms with van der Waals surface area (Å²) in [6.45, 7) is 1.88. The molecule has 0 spiro atoms. The van der Waals surface area contributed by atoms with Gasteiger partial charge in [-0.2, -0.15) is 5.10 Å². The van der Waals surface area contributed by atoms with Gasteiger partial charge in [-0.3, -0.25) is 9.48 Å². The Kier molecular flexibility index (Phi) is 4.15. The van der Waals surface area contributed by atoms with E-state index in [1.54, 1.807) is 12.1 Å². The smallest absolute Gasteiger partial charge is 0.220 e. The van der Waals surface area contributed by atoms with E-state index >= 15 is 0 Å². The number of nitrogens with zero attached hydrogens (tertiary/aromatic N) is 2. The van der Waals surface area contributed by atoms with Crippen molar-refractivity contribution in [1.29, 1.82) is 0 Å². The fourth-order valence-electron chi connectivity index (χ4n) is 4.13. The molecule has 2 heterocycles. The summed E-state index contributed by atoms with van der Waals surface area (Å²) in [6.07, 6.45) is 3.38. The van der Waals surface area contributed by atoms with Crippen molar-refractivity contribution in [3.8, 4) is 0 Å². The predicted molar refractivity (Wildman–Crippen MR) is 109 cm³/mol. The first-order valence-corrected chi connectivity index (χ1v) is 9.88. The number of amides is 1. The molecule has 0 radical (unpaired) electrons. The van der Waals surface area contributed by atoms with Crippen molar-refractivity contribution < 1.29 is 13.6 Å². The van der Waals surface area contributed by atoms with E-state index in [0.29, 0.717) is 35.0 Å². The van der Waals surface area contributed by atoms with Gasteiger partial charge in [0.2, 0.25) is 5.91 Å². The molecular weight excluding hydrogens is 369 g/mol. The van der Waals surface area contributed by atoms with Crippen molar-refractivity contribution in [3.05, 3.63) is 65.8 Å². The molecule has 1 aliphatic rings. The second-order valence-electron chi connectivity index (χ2n) is 8.01. The molecule has 148 valence electrons. The van der Waals surface area contributed by atoms with E-state index in [1.165, 1.54) is 17.7 Å². The molecule has 29 heavy (non-hydrogen) atoms. The van der Waals surface area contributed by atoms with Crippen molar-refractivity contribution in [2.24, 2.45) is 13.0 Å². The lowest BCUT2D eigenvalue weighted by molar-refractivity contribution is -0.122. The summed E-state index contributed by atoms with van der Waals surface area (Å²) in [5.74, 6) is 1.12. The van der Waals surface area contributed by atoms with Crippen molar-refractivity contribution in [2.45, 2.75) is 31.7 Å². The zero-order valence-electron chi connectivity index (χ0n) is 16.4.